The molecule has 7 nitrogen and oxygen atoms in total. The molecular formula is C20H20N4O3S. The van der Waals surface area contributed by atoms with Crippen LogP contribution in [0.25, 0.3) is 10.6 Å². The van der Waals surface area contributed by atoms with Crippen molar-refractivity contribution in [2.24, 2.45) is 0 Å². The number of rotatable bonds is 7. The molecule has 0 bridgehead atoms. The van der Waals surface area contributed by atoms with Crippen molar-refractivity contribution in [2.45, 2.75) is 19.4 Å². The predicted molar refractivity (Wildman–Crippen MR) is 108 cm³/mol. The third-order valence-corrected chi connectivity index (χ3v) is 4.84. The number of methoxy groups -OCH3 is 1. The first-order chi connectivity index (χ1) is 13.5. The topological polar surface area (TPSA) is 93.2 Å². The molecule has 0 radical (unpaired) electrons. The molecule has 3 aromatic rings. The van der Waals surface area contributed by atoms with E-state index in [9.17, 15) is 9.59 Å². The van der Waals surface area contributed by atoms with Gasteiger partial charge in [0.15, 0.2) is 0 Å². The second-order valence-electron chi connectivity index (χ2n) is 6.09. The number of carbonyl (C=O) groups is 2. The van der Waals surface area contributed by atoms with Crippen LogP contribution in [0.4, 0.5) is 5.13 Å². The summed E-state index contributed by atoms with van der Waals surface area (Å²) in [7, 11) is 1.60. The largest absolute Gasteiger partial charge is 0.497 e. The van der Waals surface area contributed by atoms with Gasteiger partial charge in [0, 0.05) is 5.56 Å². The van der Waals surface area contributed by atoms with Crippen molar-refractivity contribution >= 4 is 28.3 Å². The second-order valence-corrected chi connectivity index (χ2v) is 7.06. The summed E-state index contributed by atoms with van der Waals surface area (Å²) >= 11 is 1.25. The van der Waals surface area contributed by atoms with E-state index in [0.29, 0.717) is 15.9 Å². The van der Waals surface area contributed by atoms with Crippen molar-refractivity contribution < 1.29 is 14.3 Å². The average Bonchev–Trinajstić information content (AvgIpc) is 3.17. The Labute approximate surface area is 166 Å². The molecule has 8 heteroatoms. The first-order valence-electron chi connectivity index (χ1n) is 8.67. The molecule has 0 aliphatic rings. The first kappa shape index (κ1) is 19.5. The van der Waals surface area contributed by atoms with Crippen LogP contribution in [0.1, 0.15) is 12.5 Å². The molecule has 3 rings (SSSR count). The Balaban J connectivity index is 1.57. The minimum atomic E-state index is -0.694. The van der Waals surface area contributed by atoms with Crippen molar-refractivity contribution in [3.63, 3.8) is 0 Å². The van der Waals surface area contributed by atoms with Crippen LogP contribution >= 0.6 is 11.3 Å². The molecule has 0 saturated carbocycles. The fourth-order valence-corrected chi connectivity index (χ4v) is 3.24. The maximum absolute atomic E-state index is 12.3. The Morgan fingerprint density at radius 3 is 2.64 bits per heavy atom. The van der Waals surface area contributed by atoms with Gasteiger partial charge in [-0.05, 0) is 24.6 Å². The van der Waals surface area contributed by atoms with E-state index in [1.165, 1.54) is 11.3 Å². The van der Waals surface area contributed by atoms with E-state index in [2.05, 4.69) is 20.8 Å². The summed E-state index contributed by atoms with van der Waals surface area (Å²) in [5, 5.41) is 14.5. The molecule has 0 spiro atoms. The summed E-state index contributed by atoms with van der Waals surface area (Å²) in [5.74, 6) is 0.144. The van der Waals surface area contributed by atoms with Gasteiger partial charge in [-0.25, -0.2) is 0 Å². The minimum absolute atomic E-state index is 0.219. The molecule has 0 saturated heterocycles. The summed E-state index contributed by atoms with van der Waals surface area (Å²) in [6, 6.07) is 16.1. The van der Waals surface area contributed by atoms with E-state index in [0.717, 1.165) is 11.1 Å². The molecule has 1 heterocycles. The van der Waals surface area contributed by atoms with Crippen LogP contribution in [0.5, 0.6) is 5.75 Å². The zero-order valence-electron chi connectivity index (χ0n) is 15.5. The molecule has 144 valence electrons. The molecule has 0 aliphatic carbocycles. The van der Waals surface area contributed by atoms with E-state index in [1.54, 1.807) is 14.0 Å². The molecule has 1 atom stereocenters. The predicted octanol–water partition coefficient (Wildman–Crippen LogP) is 2.90. The number of aromatic nitrogens is 2. The van der Waals surface area contributed by atoms with Crippen molar-refractivity contribution in [1.82, 2.24) is 15.5 Å². The van der Waals surface area contributed by atoms with E-state index in [-0.39, 0.29) is 18.2 Å². The Kier molecular flexibility index (Phi) is 6.33. The van der Waals surface area contributed by atoms with Crippen LogP contribution in [0.3, 0.4) is 0 Å². The van der Waals surface area contributed by atoms with Gasteiger partial charge in [-0.1, -0.05) is 53.8 Å². The van der Waals surface area contributed by atoms with Crippen molar-refractivity contribution in [1.29, 1.82) is 0 Å². The van der Waals surface area contributed by atoms with Crippen molar-refractivity contribution in [3.05, 3.63) is 60.2 Å². The molecule has 2 amide bonds. The van der Waals surface area contributed by atoms with E-state index in [4.69, 9.17) is 4.74 Å². The smallest absolute Gasteiger partial charge is 0.248 e. The van der Waals surface area contributed by atoms with Crippen molar-refractivity contribution in [3.8, 4) is 16.3 Å². The van der Waals surface area contributed by atoms with Crippen molar-refractivity contribution in [2.75, 3.05) is 12.4 Å². The molecular weight excluding hydrogens is 376 g/mol. The number of carbonyl (C=O) groups excluding carboxylic acids is 2. The average molecular weight is 396 g/mol. The highest BCUT2D eigenvalue weighted by atomic mass is 32.1. The van der Waals surface area contributed by atoms with Crippen LogP contribution in [0, 0.1) is 0 Å². The number of benzene rings is 2. The number of ether oxygens (including phenoxy) is 1. The number of nitrogens with zero attached hydrogens (tertiary/aromatic N) is 2. The summed E-state index contributed by atoms with van der Waals surface area (Å²) < 4.78 is 5.21. The fraction of sp³-hybridized carbons (Fsp3) is 0.200. The molecule has 0 aliphatic heterocycles. The Bertz CT molecular complexity index is 959. The number of anilines is 1. The van der Waals surface area contributed by atoms with Crippen LogP contribution in [0.15, 0.2) is 54.6 Å². The van der Waals surface area contributed by atoms with Crippen LogP contribution < -0.4 is 15.4 Å². The molecule has 1 unspecified atom stereocenters. The zero-order chi connectivity index (χ0) is 19.9. The standard InChI is InChI=1S/C20H20N4O3S/c1-13(21-17(25)11-14-7-4-3-5-8-14)18(26)22-20-24-23-19(28-20)15-9-6-10-16(12-15)27-2/h3-10,12-13H,11H2,1-2H3,(H,21,25)(H,22,24,26). The fourth-order valence-electron chi connectivity index (χ4n) is 2.50. The Morgan fingerprint density at radius 2 is 1.89 bits per heavy atom. The van der Waals surface area contributed by atoms with E-state index < -0.39 is 6.04 Å². The van der Waals surface area contributed by atoms with Gasteiger partial charge in [0.1, 0.15) is 16.8 Å². The normalized spacial score (nSPS) is 11.5. The maximum atomic E-state index is 12.3. The van der Waals surface area contributed by atoms with Gasteiger partial charge in [-0.15, -0.1) is 10.2 Å². The number of nitrogens with one attached hydrogen (secondary N) is 2. The van der Waals surface area contributed by atoms with E-state index >= 15 is 0 Å². The lowest BCUT2D eigenvalue weighted by Gasteiger charge is -2.12. The van der Waals surface area contributed by atoms with Crippen LogP contribution in [0.2, 0.25) is 0 Å². The number of amides is 2. The second kappa shape index (κ2) is 9.09. The molecule has 1 aromatic heterocycles. The van der Waals surface area contributed by atoms with Gasteiger partial charge < -0.3 is 10.1 Å². The first-order valence-corrected chi connectivity index (χ1v) is 9.49. The third kappa shape index (κ3) is 5.14. The quantitative estimate of drug-likeness (QED) is 0.641. The molecule has 2 N–H and O–H groups in total. The summed E-state index contributed by atoms with van der Waals surface area (Å²) in [4.78, 5) is 24.4. The zero-order valence-corrected chi connectivity index (χ0v) is 16.3. The molecule has 0 fully saturated rings. The lowest BCUT2D eigenvalue weighted by Crippen LogP contribution is -2.42. The van der Waals surface area contributed by atoms with Gasteiger partial charge in [0.05, 0.1) is 13.5 Å². The number of hydrogen-bond acceptors (Lipinski definition) is 6. The van der Waals surface area contributed by atoms with Crippen LogP contribution in [-0.4, -0.2) is 35.2 Å². The Hall–Kier alpha value is -3.26. The lowest BCUT2D eigenvalue weighted by atomic mass is 10.1. The minimum Gasteiger partial charge on any atom is -0.497 e. The number of hydrogen-bond donors (Lipinski definition) is 2. The molecule has 28 heavy (non-hydrogen) atoms. The van der Waals surface area contributed by atoms with Gasteiger partial charge >= 0.3 is 0 Å². The summed E-state index contributed by atoms with van der Waals surface area (Å²) in [6.45, 7) is 1.63. The Morgan fingerprint density at radius 1 is 1.11 bits per heavy atom. The summed E-state index contributed by atoms with van der Waals surface area (Å²) in [5.41, 5.74) is 1.74. The lowest BCUT2D eigenvalue weighted by molar-refractivity contribution is -0.125. The van der Waals surface area contributed by atoms with Gasteiger partial charge in [-0.3, -0.25) is 14.9 Å². The molecule has 2 aromatic carbocycles. The van der Waals surface area contributed by atoms with Gasteiger partial charge in [0.2, 0.25) is 16.9 Å². The highest BCUT2D eigenvalue weighted by Crippen LogP contribution is 2.28. The highest BCUT2D eigenvalue weighted by molar-refractivity contribution is 7.18. The third-order valence-electron chi connectivity index (χ3n) is 3.95. The monoisotopic (exact) mass is 396 g/mol. The highest BCUT2D eigenvalue weighted by Gasteiger charge is 2.18. The summed E-state index contributed by atoms with van der Waals surface area (Å²) in [6.07, 6.45) is 0.219. The van der Waals surface area contributed by atoms with Gasteiger partial charge in [-0.2, -0.15) is 0 Å². The van der Waals surface area contributed by atoms with E-state index in [1.807, 2.05) is 54.6 Å². The maximum Gasteiger partial charge on any atom is 0.248 e. The SMILES string of the molecule is COc1cccc(-c2nnc(NC(=O)C(C)NC(=O)Cc3ccccc3)s2)c1. The van der Waals surface area contributed by atoms with Gasteiger partial charge in [0.25, 0.3) is 0 Å². The van der Waals surface area contributed by atoms with Crippen LogP contribution in [-0.2, 0) is 16.0 Å².